The SMILES string of the molecule is O=C(Nc1ccccc1)Nc1cccc(NC(=O)c2cccc(NC(=O)C3CCCO3)c2)c1. The van der Waals surface area contributed by atoms with Gasteiger partial charge in [0.2, 0.25) is 0 Å². The molecule has 1 fully saturated rings. The summed E-state index contributed by atoms with van der Waals surface area (Å²) in [6, 6.07) is 22.2. The molecule has 1 unspecified atom stereocenters. The van der Waals surface area contributed by atoms with Crippen molar-refractivity contribution in [3.63, 3.8) is 0 Å². The highest BCUT2D eigenvalue weighted by molar-refractivity contribution is 6.06. The van der Waals surface area contributed by atoms with Crippen LogP contribution in [0.4, 0.5) is 27.5 Å². The Morgan fingerprint density at radius 1 is 0.697 bits per heavy atom. The van der Waals surface area contributed by atoms with Gasteiger partial charge >= 0.3 is 6.03 Å². The summed E-state index contributed by atoms with van der Waals surface area (Å²) in [5.74, 6) is -0.549. The molecule has 1 atom stereocenters. The molecule has 4 rings (SSSR count). The third kappa shape index (κ3) is 6.18. The van der Waals surface area contributed by atoms with E-state index in [4.69, 9.17) is 4.74 Å². The predicted octanol–water partition coefficient (Wildman–Crippen LogP) is 4.70. The minimum Gasteiger partial charge on any atom is -0.368 e. The molecule has 0 radical (unpaired) electrons. The van der Waals surface area contributed by atoms with Gasteiger partial charge in [0.15, 0.2) is 0 Å². The molecule has 168 valence electrons. The molecule has 33 heavy (non-hydrogen) atoms. The van der Waals surface area contributed by atoms with Crippen molar-refractivity contribution in [1.82, 2.24) is 0 Å². The number of benzene rings is 3. The highest BCUT2D eigenvalue weighted by Crippen LogP contribution is 2.19. The smallest absolute Gasteiger partial charge is 0.323 e. The van der Waals surface area contributed by atoms with Gasteiger partial charge in [0.25, 0.3) is 11.8 Å². The molecule has 1 heterocycles. The first-order valence-corrected chi connectivity index (χ1v) is 10.6. The molecule has 3 aromatic carbocycles. The molecule has 1 aliphatic heterocycles. The average molecular weight is 444 g/mol. The van der Waals surface area contributed by atoms with Crippen LogP contribution >= 0.6 is 0 Å². The lowest BCUT2D eigenvalue weighted by molar-refractivity contribution is -0.124. The van der Waals surface area contributed by atoms with E-state index in [1.807, 2.05) is 18.2 Å². The second kappa shape index (κ2) is 10.4. The molecule has 4 N–H and O–H groups in total. The number of hydrogen-bond donors (Lipinski definition) is 4. The Labute approximate surface area is 191 Å². The van der Waals surface area contributed by atoms with E-state index in [1.54, 1.807) is 60.7 Å². The topological polar surface area (TPSA) is 109 Å². The minimum atomic E-state index is -0.447. The fraction of sp³-hybridized carbons (Fsp3) is 0.160. The molecule has 4 amide bonds. The number of amides is 4. The van der Waals surface area contributed by atoms with Gasteiger partial charge in [0, 0.05) is 34.9 Å². The second-order valence-corrected chi connectivity index (χ2v) is 7.55. The van der Waals surface area contributed by atoms with Crippen LogP contribution in [0.15, 0.2) is 78.9 Å². The van der Waals surface area contributed by atoms with Gasteiger partial charge in [-0.1, -0.05) is 30.3 Å². The standard InChI is InChI=1S/C25H24N4O4/c30-23(17-7-4-10-19(15-17)27-24(31)22-13-6-14-33-22)26-20-11-5-12-21(16-20)29-25(32)28-18-8-2-1-3-9-18/h1-5,7-12,15-16,22H,6,13-14H2,(H,26,30)(H,27,31)(H2,28,29,32). The third-order valence-corrected chi connectivity index (χ3v) is 5.02. The van der Waals surface area contributed by atoms with Crippen molar-refractivity contribution in [3.05, 3.63) is 84.4 Å². The van der Waals surface area contributed by atoms with E-state index in [9.17, 15) is 14.4 Å². The molecule has 0 aromatic heterocycles. The van der Waals surface area contributed by atoms with Gasteiger partial charge in [-0.25, -0.2) is 4.79 Å². The van der Waals surface area contributed by atoms with Gasteiger partial charge in [-0.15, -0.1) is 0 Å². The first kappa shape index (κ1) is 22.0. The molecule has 8 heteroatoms. The summed E-state index contributed by atoms with van der Waals surface area (Å²) in [4.78, 5) is 37.2. The summed E-state index contributed by atoms with van der Waals surface area (Å²) in [5, 5.41) is 11.1. The molecule has 8 nitrogen and oxygen atoms in total. The fourth-order valence-corrected chi connectivity index (χ4v) is 3.44. The Kier molecular flexibility index (Phi) is 6.96. The van der Waals surface area contributed by atoms with E-state index in [1.165, 1.54) is 0 Å². The van der Waals surface area contributed by atoms with Crippen molar-refractivity contribution in [2.24, 2.45) is 0 Å². The van der Waals surface area contributed by atoms with Gasteiger partial charge in [0.1, 0.15) is 6.10 Å². The molecular formula is C25H24N4O4. The first-order chi connectivity index (χ1) is 16.1. The normalized spacial score (nSPS) is 14.8. The Balaban J connectivity index is 1.36. The maximum Gasteiger partial charge on any atom is 0.323 e. The molecule has 0 saturated carbocycles. The van der Waals surface area contributed by atoms with E-state index in [-0.39, 0.29) is 17.8 Å². The van der Waals surface area contributed by atoms with Crippen LogP contribution in [-0.4, -0.2) is 30.6 Å². The van der Waals surface area contributed by atoms with Crippen molar-refractivity contribution in [2.45, 2.75) is 18.9 Å². The summed E-state index contributed by atoms with van der Waals surface area (Å²) in [5.41, 5.74) is 2.63. The average Bonchev–Trinajstić information content (AvgIpc) is 3.35. The zero-order valence-corrected chi connectivity index (χ0v) is 17.8. The van der Waals surface area contributed by atoms with Crippen LogP contribution in [0.5, 0.6) is 0 Å². The lowest BCUT2D eigenvalue weighted by atomic mass is 10.1. The van der Waals surface area contributed by atoms with E-state index in [2.05, 4.69) is 21.3 Å². The number of urea groups is 1. The molecular weight excluding hydrogens is 420 g/mol. The summed E-state index contributed by atoms with van der Waals surface area (Å²) in [6.07, 6.45) is 1.11. The molecule has 1 aliphatic rings. The van der Waals surface area contributed by atoms with Crippen molar-refractivity contribution < 1.29 is 19.1 Å². The number of anilines is 4. The quantitative estimate of drug-likeness (QED) is 0.442. The summed E-state index contributed by atoms with van der Waals surface area (Å²) in [7, 11) is 0. The van der Waals surface area contributed by atoms with Crippen LogP contribution in [0.25, 0.3) is 0 Å². The Bertz CT molecular complexity index is 1140. The molecule has 0 aliphatic carbocycles. The molecule has 1 saturated heterocycles. The minimum absolute atomic E-state index is 0.211. The summed E-state index contributed by atoms with van der Waals surface area (Å²) < 4.78 is 5.39. The van der Waals surface area contributed by atoms with Crippen LogP contribution < -0.4 is 21.3 Å². The largest absolute Gasteiger partial charge is 0.368 e. The number of ether oxygens (including phenoxy) is 1. The Morgan fingerprint density at radius 3 is 2.06 bits per heavy atom. The highest BCUT2D eigenvalue weighted by Gasteiger charge is 2.23. The van der Waals surface area contributed by atoms with Gasteiger partial charge in [0.05, 0.1) is 0 Å². The lowest BCUT2D eigenvalue weighted by Crippen LogP contribution is -2.27. The maximum atomic E-state index is 12.7. The molecule has 0 bridgehead atoms. The maximum absolute atomic E-state index is 12.7. The molecule has 3 aromatic rings. The number of carbonyl (C=O) groups is 3. The third-order valence-electron chi connectivity index (χ3n) is 5.02. The lowest BCUT2D eigenvalue weighted by Gasteiger charge is -2.12. The number of nitrogens with one attached hydrogen (secondary N) is 4. The van der Waals surface area contributed by atoms with Gasteiger partial charge < -0.3 is 26.0 Å². The number of carbonyl (C=O) groups excluding carboxylic acids is 3. The Morgan fingerprint density at radius 2 is 1.33 bits per heavy atom. The van der Waals surface area contributed by atoms with Crippen molar-refractivity contribution >= 4 is 40.6 Å². The van der Waals surface area contributed by atoms with Crippen LogP contribution in [-0.2, 0) is 9.53 Å². The van der Waals surface area contributed by atoms with E-state index < -0.39 is 6.10 Å². The van der Waals surface area contributed by atoms with Crippen molar-refractivity contribution in [1.29, 1.82) is 0 Å². The van der Waals surface area contributed by atoms with Gasteiger partial charge in [-0.05, 0) is 61.4 Å². The summed E-state index contributed by atoms with van der Waals surface area (Å²) >= 11 is 0. The predicted molar refractivity (Wildman–Crippen MR) is 128 cm³/mol. The zero-order chi connectivity index (χ0) is 23.0. The van der Waals surface area contributed by atoms with Crippen LogP contribution in [0.3, 0.4) is 0 Å². The second-order valence-electron chi connectivity index (χ2n) is 7.55. The number of rotatable bonds is 6. The monoisotopic (exact) mass is 444 g/mol. The van der Waals surface area contributed by atoms with Crippen LogP contribution in [0.1, 0.15) is 23.2 Å². The molecule has 0 spiro atoms. The van der Waals surface area contributed by atoms with Gasteiger partial charge in [-0.3, -0.25) is 9.59 Å². The highest BCUT2D eigenvalue weighted by atomic mass is 16.5. The van der Waals surface area contributed by atoms with Crippen molar-refractivity contribution in [2.75, 3.05) is 27.9 Å². The van der Waals surface area contributed by atoms with Crippen LogP contribution in [0, 0.1) is 0 Å². The zero-order valence-electron chi connectivity index (χ0n) is 17.8. The number of para-hydroxylation sites is 1. The number of hydrogen-bond acceptors (Lipinski definition) is 4. The van der Waals surface area contributed by atoms with E-state index in [0.29, 0.717) is 41.3 Å². The van der Waals surface area contributed by atoms with Crippen molar-refractivity contribution in [3.8, 4) is 0 Å². The first-order valence-electron chi connectivity index (χ1n) is 10.6. The van der Waals surface area contributed by atoms with Gasteiger partial charge in [-0.2, -0.15) is 0 Å². The van der Waals surface area contributed by atoms with E-state index >= 15 is 0 Å². The van der Waals surface area contributed by atoms with Crippen LogP contribution in [0.2, 0.25) is 0 Å². The van der Waals surface area contributed by atoms with E-state index in [0.717, 1.165) is 6.42 Å². The summed E-state index contributed by atoms with van der Waals surface area (Å²) in [6.45, 7) is 0.586. The Hall–Kier alpha value is -4.17. The fourth-order valence-electron chi connectivity index (χ4n) is 3.44.